The molecule has 2 heterocycles. The molecule has 0 aliphatic carbocycles. The zero-order chi connectivity index (χ0) is 21.3. The predicted octanol–water partition coefficient (Wildman–Crippen LogP) is 2.98. The molecular weight excluding hydrogens is 404 g/mol. The molecule has 0 fully saturated rings. The number of amides is 1. The second-order valence-corrected chi connectivity index (χ2v) is 6.45. The van der Waals surface area contributed by atoms with E-state index in [1.807, 2.05) is 0 Å². The van der Waals surface area contributed by atoms with Crippen LogP contribution in [0, 0.1) is 24.0 Å². The highest BCUT2D eigenvalue weighted by Gasteiger charge is 2.40. The number of halogens is 6. The lowest BCUT2D eigenvalue weighted by Gasteiger charge is -2.28. The molecule has 1 aromatic heterocycles. The first-order chi connectivity index (χ1) is 13.6. The number of hydrogen-bond acceptors (Lipinski definition) is 3. The van der Waals surface area contributed by atoms with Crippen LogP contribution in [0.5, 0.6) is 0 Å². The molecule has 0 saturated heterocycles. The van der Waals surface area contributed by atoms with Crippen LogP contribution in [0.1, 0.15) is 23.6 Å². The summed E-state index contributed by atoms with van der Waals surface area (Å²) in [4.78, 5) is 16.9. The van der Waals surface area contributed by atoms with Gasteiger partial charge in [0.15, 0.2) is 17.5 Å². The van der Waals surface area contributed by atoms with E-state index in [0.717, 1.165) is 4.57 Å². The lowest BCUT2D eigenvalue weighted by molar-refractivity contribution is -0.148. The van der Waals surface area contributed by atoms with Crippen molar-refractivity contribution in [3.63, 3.8) is 0 Å². The standard InChI is InChI=1S/C17H13F6N5O/c1-24-10(4-9-5-12(19)13(20)7-11(9)18)6-15(29)27-2-3-28-14(8-27)25-26-16(28)17(21,22)23/h5,7,10H,2-4,6,8H2. The van der Waals surface area contributed by atoms with Gasteiger partial charge >= 0.3 is 6.18 Å². The van der Waals surface area contributed by atoms with Gasteiger partial charge in [0.05, 0.1) is 13.0 Å². The number of nitrogens with zero attached hydrogens (tertiary/aromatic N) is 5. The molecule has 0 radical (unpaired) electrons. The molecule has 1 aromatic carbocycles. The summed E-state index contributed by atoms with van der Waals surface area (Å²) in [5.74, 6) is -5.40. The number of rotatable bonds is 4. The van der Waals surface area contributed by atoms with E-state index in [1.54, 1.807) is 0 Å². The number of benzene rings is 1. The maximum Gasteiger partial charge on any atom is 0.451 e. The summed E-state index contributed by atoms with van der Waals surface area (Å²) in [5, 5.41) is 6.58. The van der Waals surface area contributed by atoms with Crippen LogP contribution < -0.4 is 0 Å². The Morgan fingerprint density at radius 3 is 2.48 bits per heavy atom. The fourth-order valence-electron chi connectivity index (χ4n) is 3.05. The van der Waals surface area contributed by atoms with Crippen molar-refractivity contribution in [3.05, 3.63) is 58.2 Å². The quantitative estimate of drug-likeness (QED) is 0.437. The van der Waals surface area contributed by atoms with Crippen LogP contribution in [0.3, 0.4) is 0 Å². The topological polar surface area (TPSA) is 55.4 Å². The molecule has 3 rings (SSSR count). The summed E-state index contributed by atoms with van der Waals surface area (Å²) < 4.78 is 79.5. The fraction of sp³-hybridized carbons (Fsp3) is 0.412. The summed E-state index contributed by atoms with van der Waals surface area (Å²) in [6.45, 7) is 6.76. The maximum absolute atomic E-state index is 13.8. The summed E-state index contributed by atoms with van der Waals surface area (Å²) in [5.41, 5.74) is -0.245. The number of aromatic nitrogens is 3. The molecule has 0 bridgehead atoms. The molecule has 154 valence electrons. The van der Waals surface area contributed by atoms with Crippen LogP contribution in [-0.4, -0.2) is 38.2 Å². The van der Waals surface area contributed by atoms with E-state index in [4.69, 9.17) is 6.57 Å². The van der Waals surface area contributed by atoms with Gasteiger partial charge in [-0.05, 0) is 11.6 Å². The minimum Gasteiger partial charge on any atom is -0.333 e. The van der Waals surface area contributed by atoms with Crippen molar-refractivity contribution in [2.45, 2.75) is 38.1 Å². The number of fused-ring (bicyclic) bond motifs is 1. The molecule has 1 unspecified atom stereocenters. The molecule has 1 atom stereocenters. The van der Waals surface area contributed by atoms with Crippen LogP contribution in [0.15, 0.2) is 12.1 Å². The Hall–Kier alpha value is -3.10. The monoisotopic (exact) mass is 417 g/mol. The lowest BCUT2D eigenvalue weighted by atomic mass is 10.0. The van der Waals surface area contributed by atoms with Crippen molar-refractivity contribution in [2.24, 2.45) is 0 Å². The molecule has 0 spiro atoms. The summed E-state index contributed by atoms with van der Waals surface area (Å²) in [6.07, 6.45) is -5.34. The van der Waals surface area contributed by atoms with Gasteiger partial charge in [-0.3, -0.25) is 4.79 Å². The van der Waals surface area contributed by atoms with Crippen LogP contribution in [0.2, 0.25) is 0 Å². The van der Waals surface area contributed by atoms with Gasteiger partial charge in [0.25, 0.3) is 0 Å². The Morgan fingerprint density at radius 1 is 1.14 bits per heavy atom. The Morgan fingerprint density at radius 2 is 1.83 bits per heavy atom. The second-order valence-electron chi connectivity index (χ2n) is 6.45. The van der Waals surface area contributed by atoms with E-state index < -0.39 is 41.4 Å². The molecule has 1 aliphatic rings. The number of carbonyl (C=O) groups excluding carboxylic acids is 1. The van der Waals surface area contributed by atoms with Crippen molar-refractivity contribution in [2.75, 3.05) is 6.54 Å². The van der Waals surface area contributed by atoms with E-state index >= 15 is 0 Å². The van der Waals surface area contributed by atoms with Gasteiger partial charge in [0.1, 0.15) is 12.2 Å². The smallest absolute Gasteiger partial charge is 0.333 e. The highest BCUT2D eigenvalue weighted by Crippen LogP contribution is 2.29. The van der Waals surface area contributed by atoms with Crippen LogP contribution in [-0.2, 0) is 30.5 Å². The van der Waals surface area contributed by atoms with Gasteiger partial charge < -0.3 is 14.3 Å². The van der Waals surface area contributed by atoms with Crippen LogP contribution >= 0.6 is 0 Å². The van der Waals surface area contributed by atoms with Gasteiger partial charge in [-0.15, -0.1) is 10.2 Å². The molecule has 1 aliphatic heterocycles. The highest BCUT2D eigenvalue weighted by molar-refractivity contribution is 5.77. The van der Waals surface area contributed by atoms with Crippen molar-refractivity contribution in [3.8, 4) is 0 Å². The third-order valence-corrected chi connectivity index (χ3v) is 4.50. The van der Waals surface area contributed by atoms with Gasteiger partial charge in [-0.2, -0.15) is 13.2 Å². The number of hydrogen-bond donors (Lipinski definition) is 0. The van der Waals surface area contributed by atoms with Crippen LogP contribution in [0.4, 0.5) is 26.3 Å². The molecular formula is C17H13F6N5O. The van der Waals surface area contributed by atoms with E-state index in [0.29, 0.717) is 12.1 Å². The first kappa shape index (κ1) is 20.6. The first-order valence-corrected chi connectivity index (χ1v) is 8.37. The average Bonchev–Trinajstić information content (AvgIpc) is 3.08. The van der Waals surface area contributed by atoms with E-state index in [2.05, 4.69) is 15.0 Å². The average molecular weight is 417 g/mol. The second kappa shape index (κ2) is 7.73. The lowest BCUT2D eigenvalue weighted by Crippen LogP contribution is -2.40. The molecule has 0 saturated carbocycles. The molecule has 6 nitrogen and oxygen atoms in total. The zero-order valence-electron chi connectivity index (χ0n) is 14.7. The van der Waals surface area contributed by atoms with Crippen molar-refractivity contribution in [1.29, 1.82) is 0 Å². The summed E-state index contributed by atoms with van der Waals surface area (Å²) in [6, 6.07) is -0.0502. The largest absolute Gasteiger partial charge is 0.451 e. The summed E-state index contributed by atoms with van der Waals surface area (Å²) in [7, 11) is 0. The van der Waals surface area contributed by atoms with Crippen molar-refractivity contribution >= 4 is 5.91 Å². The Bertz CT molecular complexity index is 980. The fourth-order valence-corrected chi connectivity index (χ4v) is 3.05. The third-order valence-electron chi connectivity index (χ3n) is 4.50. The SMILES string of the molecule is [C-]#[N+]C(CC(=O)N1CCn2c(nnc2C(F)(F)F)C1)Cc1cc(F)c(F)cc1F. The van der Waals surface area contributed by atoms with Crippen molar-refractivity contribution in [1.82, 2.24) is 19.7 Å². The Kier molecular flexibility index (Phi) is 5.50. The van der Waals surface area contributed by atoms with E-state index in [-0.39, 0.29) is 43.9 Å². The van der Waals surface area contributed by atoms with Gasteiger partial charge in [-0.25, -0.2) is 19.7 Å². The normalized spacial score (nSPS) is 15.0. The molecule has 0 N–H and O–H groups in total. The first-order valence-electron chi connectivity index (χ1n) is 8.37. The maximum atomic E-state index is 13.8. The van der Waals surface area contributed by atoms with Gasteiger partial charge in [0, 0.05) is 19.2 Å². The molecule has 1 amide bonds. The van der Waals surface area contributed by atoms with Gasteiger partial charge in [-0.1, -0.05) is 0 Å². The number of alkyl halides is 3. The van der Waals surface area contributed by atoms with E-state index in [1.165, 1.54) is 4.90 Å². The Balaban J connectivity index is 1.67. The predicted molar refractivity (Wildman–Crippen MR) is 85.5 cm³/mol. The molecule has 2 aromatic rings. The van der Waals surface area contributed by atoms with Gasteiger partial charge in [0.2, 0.25) is 17.8 Å². The number of carbonyl (C=O) groups is 1. The molecule has 29 heavy (non-hydrogen) atoms. The zero-order valence-corrected chi connectivity index (χ0v) is 14.7. The van der Waals surface area contributed by atoms with E-state index in [9.17, 15) is 31.1 Å². The van der Waals surface area contributed by atoms with Crippen LogP contribution in [0.25, 0.3) is 4.85 Å². The third kappa shape index (κ3) is 4.33. The highest BCUT2D eigenvalue weighted by atomic mass is 19.4. The minimum absolute atomic E-state index is 0.0389. The van der Waals surface area contributed by atoms with Crippen molar-refractivity contribution < 1.29 is 31.1 Å². The Labute approximate surface area is 160 Å². The minimum atomic E-state index is -4.67. The summed E-state index contributed by atoms with van der Waals surface area (Å²) >= 11 is 0. The molecule has 12 heteroatoms.